The van der Waals surface area contributed by atoms with Crippen molar-refractivity contribution in [1.29, 1.82) is 0 Å². The highest BCUT2D eigenvalue weighted by atomic mass is 35.5. The highest BCUT2D eigenvalue weighted by Crippen LogP contribution is 2.27. The van der Waals surface area contributed by atoms with Crippen molar-refractivity contribution < 1.29 is 5.11 Å². The molecule has 0 saturated heterocycles. The maximum Gasteiger partial charge on any atom is 0.230 e. The average Bonchev–Trinajstić information content (AvgIpc) is 2.22. The van der Waals surface area contributed by atoms with E-state index < -0.39 is 0 Å². The molecule has 1 saturated carbocycles. The van der Waals surface area contributed by atoms with Crippen molar-refractivity contribution in [3.05, 3.63) is 5.28 Å². The molecule has 6 nitrogen and oxygen atoms in total. The van der Waals surface area contributed by atoms with Gasteiger partial charge in [0.1, 0.15) is 0 Å². The SMILES string of the molecule is CN(C)c1nc(Cl)nc(NCC2CC(O)C2)n1. The fourth-order valence-corrected chi connectivity index (χ4v) is 1.88. The Kier molecular flexibility index (Phi) is 3.63. The van der Waals surface area contributed by atoms with Crippen LogP contribution in [0.3, 0.4) is 0 Å². The third-order valence-electron chi connectivity index (χ3n) is 2.76. The minimum Gasteiger partial charge on any atom is -0.393 e. The summed E-state index contributed by atoms with van der Waals surface area (Å²) in [6.07, 6.45) is 1.54. The number of hydrogen-bond acceptors (Lipinski definition) is 6. The molecule has 1 aromatic rings. The van der Waals surface area contributed by atoms with Crippen molar-refractivity contribution in [2.45, 2.75) is 18.9 Å². The average molecular weight is 258 g/mol. The van der Waals surface area contributed by atoms with Gasteiger partial charge < -0.3 is 15.3 Å². The number of rotatable bonds is 4. The molecule has 1 fully saturated rings. The molecular weight excluding hydrogens is 242 g/mol. The number of hydrogen-bond donors (Lipinski definition) is 2. The predicted octanol–water partition coefficient (Wildman–Crippen LogP) is 0.774. The van der Waals surface area contributed by atoms with Gasteiger partial charge >= 0.3 is 0 Å². The fourth-order valence-electron chi connectivity index (χ4n) is 1.72. The largest absolute Gasteiger partial charge is 0.393 e. The van der Waals surface area contributed by atoms with Crippen molar-refractivity contribution in [1.82, 2.24) is 15.0 Å². The van der Waals surface area contributed by atoms with Crippen LogP contribution in [0.1, 0.15) is 12.8 Å². The third-order valence-corrected chi connectivity index (χ3v) is 2.93. The van der Waals surface area contributed by atoms with E-state index in [-0.39, 0.29) is 11.4 Å². The number of aliphatic hydroxyl groups excluding tert-OH is 1. The number of nitrogens with one attached hydrogen (secondary N) is 1. The second-order valence-corrected chi connectivity index (χ2v) is 4.83. The maximum absolute atomic E-state index is 9.18. The Morgan fingerprint density at radius 3 is 2.65 bits per heavy atom. The lowest BCUT2D eigenvalue weighted by molar-refractivity contribution is 0.0486. The number of aliphatic hydroxyl groups is 1. The van der Waals surface area contributed by atoms with Gasteiger partial charge in [-0.2, -0.15) is 15.0 Å². The zero-order chi connectivity index (χ0) is 12.4. The molecule has 1 aliphatic carbocycles. The molecule has 0 atom stereocenters. The standard InChI is InChI=1S/C10H16ClN5O/c1-16(2)10-14-8(11)13-9(15-10)12-5-6-3-7(17)4-6/h6-7,17H,3-5H2,1-2H3,(H,12,13,14,15). The van der Waals surface area contributed by atoms with Gasteiger partial charge in [0.25, 0.3) is 0 Å². The van der Waals surface area contributed by atoms with Crippen LogP contribution < -0.4 is 10.2 Å². The van der Waals surface area contributed by atoms with Gasteiger partial charge in [-0.05, 0) is 30.4 Å². The highest BCUT2D eigenvalue weighted by molar-refractivity contribution is 6.28. The van der Waals surface area contributed by atoms with E-state index in [9.17, 15) is 5.11 Å². The summed E-state index contributed by atoms with van der Waals surface area (Å²) in [6.45, 7) is 0.754. The van der Waals surface area contributed by atoms with Crippen LogP contribution in [-0.4, -0.2) is 46.8 Å². The first kappa shape index (κ1) is 12.3. The lowest BCUT2D eigenvalue weighted by Crippen LogP contribution is -2.33. The molecule has 0 radical (unpaired) electrons. The number of nitrogens with zero attached hydrogens (tertiary/aromatic N) is 4. The summed E-state index contributed by atoms with van der Waals surface area (Å²) in [5, 5.41) is 12.5. The smallest absolute Gasteiger partial charge is 0.230 e. The Morgan fingerprint density at radius 2 is 2.06 bits per heavy atom. The van der Waals surface area contributed by atoms with Gasteiger partial charge in [-0.3, -0.25) is 0 Å². The summed E-state index contributed by atoms with van der Waals surface area (Å²) in [5.74, 6) is 1.50. The summed E-state index contributed by atoms with van der Waals surface area (Å²) in [7, 11) is 3.69. The molecule has 0 spiro atoms. The first-order valence-corrected chi connectivity index (χ1v) is 5.93. The van der Waals surface area contributed by atoms with E-state index in [2.05, 4.69) is 20.3 Å². The minimum absolute atomic E-state index is 0.138. The lowest BCUT2D eigenvalue weighted by atomic mass is 9.82. The summed E-state index contributed by atoms with van der Waals surface area (Å²) in [4.78, 5) is 14.0. The van der Waals surface area contributed by atoms with Crippen molar-refractivity contribution in [3.63, 3.8) is 0 Å². The number of halogens is 1. The topological polar surface area (TPSA) is 74.2 Å². The normalized spacial score (nSPS) is 23.1. The Morgan fingerprint density at radius 1 is 1.35 bits per heavy atom. The fraction of sp³-hybridized carbons (Fsp3) is 0.700. The molecule has 1 heterocycles. The molecule has 0 bridgehead atoms. The first-order valence-electron chi connectivity index (χ1n) is 5.55. The lowest BCUT2D eigenvalue weighted by Gasteiger charge is -2.31. The van der Waals surface area contributed by atoms with E-state index in [1.165, 1.54) is 0 Å². The van der Waals surface area contributed by atoms with E-state index in [1.807, 2.05) is 14.1 Å². The number of anilines is 2. The molecular formula is C10H16ClN5O. The highest BCUT2D eigenvalue weighted by Gasteiger charge is 2.26. The van der Waals surface area contributed by atoms with Crippen LogP contribution in [0.5, 0.6) is 0 Å². The molecule has 0 amide bonds. The summed E-state index contributed by atoms with van der Waals surface area (Å²) in [5.41, 5.74) is 0. The van der Waals surface area contributed by atoms with Crippen LogP contribution in [0.25, 0.3) is 0 Å². The van der Waals surface area contributed by atoms with Crippen molar-refractivity contribution in [2.75, 3.05) is 30.9 Å². The van der Waals surface area contributed by atoms with Gasteiger partial charge in [-0.1, -0.05) is 0 Å². The van der Waals surface area contributed by atoms with Gasteiger partial charge in [0, 0.05) is 20.6 Å². The molecule has 2 N–H and O–H groups in total. The molecule has 94 valence electrons. The molecule has 0 unspecified atom stereocenters. The molecule has 17 heavy (non-hydrogen) atoms. The summed E-state index contributed by atoms with van der Waals surface area (Å²) >= 11 is 5.81. The quantitative estimate of drug-likeness (QED) is 0.830. The van der Waals surface area contributed by atoms with E-state index in [0.717, 1.165) is 19.4 Å². The summed E-state index contributed by atoms with van der Waals surface area (Å²) in [6, 6.07) is 0. The monoisotopic (exact) mass is 257 g/mol. The third kappa shape index (κ3) is 3.17. The van der Waals surface area contributed by atoms with Crippen LogP contribution >= 0.6 is 11.6 Å². The molecule has 2 rings (SSSR count). The second-order valence-electron chi connectivity index (χ2n) is 4.49. The minimum atomic E-state index is -0.138. The summed E-state index contributed by atoms with van der Waals surface area (Å²) < 4.78 is 0. The second kappa shape index (κ2) is 5.01. The molecule has 0 aliphatic heterocycles. The van der Waals surface area contributed by atoms with Crippen LogP contribution in [0.4, 0.5) is 11.9 Å². The Labute approximate surface area is 105 Å². The zero-order valence-corrected chi connectivity index (χ0v) is 10.6. The van der Waals surface area contributed by atoms with E-state index in [4.69, 9.17) is 11.6 Å². The molecule has 1 aromatic heterocycles. The van der Waals surface area contributed by atoms with Crippen LogP contribution in [0.2, 0.25) is 5.28 Å². The van der Waals surface area contributed by atoms with Crippen molar-refractivity contribution >= 4 is 23.5 Å². The van der Waals surface area contributed by atoms with E-state index in [0.29, 0.717) is 17.8 Å². The van der Waals surface area contributed by atoms with Crippen LogP contribution in [-0.2, 0) is 0 Å². The van der Waals surface area contributed by atoms with Crippen LogP contribution in [0.15, 0.2) is 0 Å². The molecule has 7 heteroatoms. The Bertz CT molecular complexity index is 394. The Hall–Kier alpha value is -1.14. The van der Waals surface area contributed by atoms with Gasteiger partial charge in [-0.25, -0.2) is 0 Å². The molecule has 0 aromatic carbocycles. The van der Waals surface area contributed by atoms with E-state index >= 15 is 0 Å². The predicted molar refractivity (Wildman–Crippen MR) is 66.4 cm³/mol. The van der Waals surface area contributed by atoms with Gasteiger partial charge in [0.2, 0.25) is 17.2 Å². The van der Waals surface area contributed by atoms with Gasteiger partial charge in [0.15, 0.2) is 0 Å². The van der Waals surface area contributed by atoms with Crippen molar-refractivity contribution in [3.8, 4) is 0 Å². The first-order chi connectivity index (χ1) is 8.04. The molecule has 1 aliphatic rings. The maximum atomic E-state index is 9.18. The zero-order valence-electron chi connectivity index (χ0n) is 9.89. The van der Waals surface area contributed by atoms with Gasteiger partial charge in [0.05, 0.1) is 6.10 Å². The number of aromatic nitrogens is 3. The Balaban J connectivity index is 1.95. The van der Waals surface area contributed by atoms with E-state index in [1.54, 1.807) is 4.90 Å². The van der Waals surface area contributed by atoms with Gasteiger partial charge in [-0.15, -0.1) is 0 Å². The van der Waals surface area contributed by atoms with Crippen LogP contribution in [0, 0.1) is 5.92 Å². The van der Waals surface area contributed by atoms with Crippen molar-refractivity contribution in [2.24, 2.45) is 5.92 Å².